The van der Waals surface area contributed by atoms with Gasteiger partial charge in [-0.05, 0) is 47.1 Å². The van der Waals surface area contributed by atoms with E-state index in [1.165, 1.54) is 6.20 Å². The number of rotatable bonds is 5. The summed E-state index contributed by atoms with van der Waals surface area (Å²) in [5, 5.41) is 4.87. The fourth-order valence-corrected chi connectivity index (χ4v) is 3.53. The van der Waals surface area contributed by atoms with Crippen LogP contribution < -0.4 is 10.1 Å². The highest BCUT2D eigenvalue weighted by molar-refractivity contribution is 9.10. The van der Waals surface area contributed by atoms with E-state index in [9.17, 15) is 4.79 Å². The maximum atomic E-state index is 12.5. The summed E-state index contributed by atoms with van der Waals surface area (Å²) in [5.74, 6) is 0.154. The van der Waals surface area contributed by atoms with Crippen molar-refractivity contribution in [1.82, 2.24) is 4.98 Å². The summed E-state index contributed by atoms with van der Waals surface area (Å²) in [5.41, 5.74) is 2.08. The van der Waals surface area contributed by atoms with Gasteiger partial charge < -0.3 is 14.8 Å². The van der Waals surface area contributed by atoms with Gasteiger partial charge in [0.05, 0.1) is 40.1 Å². The largest absolute Gasteiger partial charge is 0.495 e. The van der Waals surface area contributed by atoms with Gasteiger partial charge in [-0.3, -0.25) is 4.98 Å². The van der Waals surface area contributed by atoms with E-state index in [4.69, 9.17) is 32.7 Å². The number of aromatic nitrogens is 1. The van der Waals surface area contributed by atoms with Crippen LogP contribution in [0.2, 0.25) is 10.0 Å². The number of fused-ring (bicyclic) bond motifs is 1. The quantitative estimate of drug-likeness (QED) is 0.448. The zero-order chi connectivity index (χ0) is 19.6. The highest BCUT2D eigenvalue weighted by Gasteiger charge is 2.19. The molecule has 0 bridgehead atoms. The number of ether oxygens (including phenoxy) is 2. The normalized spacial score (nSPS) is 10.7. The first-order chi connectivity index (χ1) is 12.9. The molecule has 0 spiro atoms. The van der Waals surface area contributed by atoms with Crippen molar-refractivity contribution >= 4 is 67.4 Å². The Hall–Kier alpha value is -2.02. The number of methoxy groups -OCH3 is 1. The fraction of sp³-hybridized carbons (Fsp3) is 0.158. The summed E-state index contributed by atoms with van der Waals surface area (Å²) in [6.45, 7) is 2.00. The Morgan fingerprint density at radius 3 is 2.70 bits per heavy atom. The second kappa shape index (κ2) is 8.33. The summed E-state index contributed by atoms with van der Waals surface area (Å²) < 4.78 is 11.2. The summed E-state index contributed by atoms with van der Waals surface area (Å²) >= 11 is 15.7. The molecule has 8 heteroatoms. The summed E-state index contributed by atoms with van der Waals surface area (Å²) in [4.78, 5) is 16.8. The average molecular weight is 470 g/mol. The van der Waals surface area contributed by atoms with Crippen molar-refractivity contribution in [2.24, 2.45) is 0 Å². The SMILES string of the molecule is CCOC(=O)c1cnc2cc(OC)c(Br)cc2c1Nc1ccc(Cl)cc1Cl. The van der Waals surface area contributed by atoms with Crippen LogP contribution in [0.15, 0.2) is 41.0 Å². The van der Waals surface area contributed by atoms with Gasteiger partial charge in [0.1, 0.15) is 11.3 Å². The molecule has 2 aromatic carbocycles. The van der Waals surface area contributed by atoms with Crippen LogP contribution >= 0.6 is 39.1 Å². The molecule has 1 heterocycles. The summed E-state index contributed by atoms with van der Waals surface area (Å²) in [6, 6.07) is 8.68. The first-order valence-corrected chi connectivity index (χ1v) is 9.55. The number of pyridine rings is 1. The molecule has 0 saturated heterocycles. The molecule has 140 valence electrons. The van der Waals surface area contributed by atoms with Crippen LogP contribution in [-0.2, 0) is 4.74 Å². The van der Waals surface area contributed by atoms with Crippen LogP contribution in [0.1, 0.15) is 17.3 Å². The summed E-state index contributed by atoms with van der Waals surface area (Å²) in [7, 11) is 1.57. The first-order valence-electron chi connectivity index (χ1n) is 8.00. The average Bonchev–Trinajstić information content (AvgIpc) is 2.63. The smallest absolute Gasteiger partial charge is 0.341 e. The van der Waals surface area contributed by atoms with Crippen LogP contribution in [0, 0.1) is 0 Å². The number of nitrogens with one attached hydrogen (secondary N) is 1. The van der Waals surface area contributed by atoms with Gasteiger partial charge in [-0.15, -0.1) is 0 Å². The second-order valence-corrected chi connectivity index (χ2v) is 7.22. The van der Waals surface area contributed by atoms with Gasteiger partial charge in [-0.1, -0.05) is 23.2 Å². The van der Waals surface area contributed by atoms with E-state index in [2.05, 4.69) is 26.2 Å². The van der Waals surface area contributed by atoms with Crippen LogP contribution in [0.4, 0.5) is 11.4 Å². The number of anilines is 2. The number of carbonyl (C=O) groups is 1. The Kier molecular flexibility index (Phi) is 6.09. The van der Waals surface area contributed by atoms with Crippen molar-refractivity contribution in [3.8, 4) is 5.75 Å². The van der Waals surface area contributed by atoms with Gasteiger partial charge in [0.2, 0.25) is 0 Å². The molecule has 0 radical (unpaired) electrons. The lowest BCUT2D eigenvalue weighted by atomic mass is 10.1. The lowest BCUT2D eigenvalue weighted by Gasteiger charge is -2.16. The fourth-order valence-electron chi connectivity index (χ4n) is 2.57. The Bertz CT molecular complexity index is 1030. The van der Waals surface area contributed by atoms with Crippen molar-refractivity contribution in [3.63, 3.8) is 0 Å². The van der Waals surface area contributed by atoms with Crippen LogP contribution in [0.25, 0.3) is 10.9 Å². The number of nitrogens with zero attached hydrogens (tertiary/aromatic N) is 1. The van der Waals surface area contributed by atoms with Crippen molar-refractivity contribution in [2.75, 3.05) is 19.0 Å². The first kappa shape index (κ1) is 19.7. The van der Waals surface area contributed by atoms with E-state index in [-0.39, 0.29) is 6.61 Å². The number of hydrogen-bond donors (Lipinski definition) is 1. The maximum Gasteiger partial charge on any atom is 0.341 e. The number of benzene rings is 2. The Morgan fingerprint density at radius 1 is 1.26 bits per heavy atom. The van der Waals surface area contributed by atoms with Crippen molar-refractivity contribution in [3.05, 3.63) is 56.6 Å². The maximum absolute atomic E-state index is 12.5. The molecule has 0 saturated carbocycles. The zero-order valence-corrected chi connectivity index (χ0v) is 17.6. The molecule has 0 aliphatic rings. The molecule has 0 fully saturated rings. The third-order valence-corrected chi connectivity index (χ3v) is 5.00. The number of halogens is 3. The summed E-state index contributed by atoms with van der Waals surface area (Å²) in [6.07, 6.45) is 1.47. The molecular formula is C19H15BrCl2N2O3. The lowest BCUT2D eigenvalue weighted by Crippen LogP contribution is -2.09. The Morgan fingerprint density at radius 2 is 2.04 bits per heavy atom. The van der Waals surface area contributed by atoms with E-state index in [0.717, 1.165) is 4.47 Å². The molecule has 3 rings (SSSR count). The Labute approximate surface area is 174 Å². The number of esters is 1. The van der Waals surface area contributed by atoms with E-state index in [1.54, 1.807) is 38.3 Å². The molecule has 0 atom stereocenters. The zero-order valence-electron chi connectivity index (χ0n) is 14.5. The van der Waals surface area contributed by atoms with Crippen LogP contribution in [0.3, 0.4) is 0 Å². The minimum absolute atomic E-state index is 0.254. The van der Waals surface area contributed by atoms with Gasteiger partial charge in [0.15, 0.2) is 0 Å². The molecule has 0 aliphatic heterocycles. The molecule has 5 nitrogen and oxygen atoms in total. The molecule has 0 amide bonds. The van der Waals surface area contributed by atoms with Crippen molar-refractivity contribution in [2.45, 2.75) is 6.92 Å². The second-order valence-electron chi connectivity index (χ2n) is 5.52. The molecule has 27 heavy (non-hydrogen) atoms. The topological polar surface area (TPSA) is 60.5 Å². The predicted octanol–water partition coefficient (Wildman–Crippen LogP) is 6.23. The minimum atomic E-state index is -0.480. The molecule has 1 aromatic heterocycles. The highest BCUT2D eigenvalue weighted by Crippen LogP contribution is 2.37. The molecule has 3 aromatic rings. The number of carbonyl (C=O) groups excluding carboxylic acids is 1. The van der Waals surface area contributed by atoms with Crippen molar-refractivity contribution < 1.29 is 14.3 Å². The highest BCUT2D eigenvalue weighted by atomic mass is 79.9. The molecule has 0 aliphatic carbocycles. The minimum Gasteiger partial charge on any atom is -0.495 e. The lowest BCUT2D eigenvalue weighted by molar-refractivity contribution is 0.0527. The third kappa shape index (κ3) is 4.13. The molecule has 0 unspecified atom stereocenters. The van der Waals surface area contributed by atoms with Gasteiger partial charge in [-0.25, -0.2) is 4.79 Å². The van der Waals surface area contributed by atoms with Gasteiger partial charge >= 0.3 is 5.97 Å². The van der Waals surface area contributed by atoms with E-state index < -0.39 is 5.97 Å². The van der Waals surface area contributed by atoms with Gasteiger partial charge in [0.25, 0.3) is 0 Å². The van der Waals surface area contributed by atoms with E-state index in [1.807, 2.05) is 6.07 Å². The van der Waals surface area contributed by atoms with Crippen LogP contribution in [0.5, 0.6) is 5.75 Å². The molecular weight excluding hydrogens is 455 g/mol. The molecule has 1 N–H and O–H groups in total. The van der Waals surface area contributed by atoms with Gasteiger partial charge in [-0.2, -0.15) is 0 Å². The predicted molar refractivity (Wildman–Crippen MR) is 112 cm³/mol. The van der Waals surface area contributed by atoms with Crippen molar-refractivity contribution in [1.29, 1.82) is 0 Å². The standard InChI is InChI=1S/C19H15BrCl2N2O3/c1-3-27-19(25)12-9-23-16-8-17(26-2)13(20)7-11(16)18(12)24-15-5-4-10(21)6-14(15)22/h4-9H,3H2,1-2H3,(H,23,24). The van der Waals surface area contributed by atoms with E-state index in [0.29, 0.717) is 43.6 Å². The third-order valence-electron chi connectivity index (χ3n) is 3.83. The Balaban J connectivity index is 2.22. The van der Waals surface area contributed by atoms with E-state index >= 15 is 0 Å². The van der Waals surface area contributed by atoms with Gasteiger partial charge in [0, 0.05) is 22.7 Å². The monoisotopic (exact) mass is 468 g/mol. The number of hydrogen-bond acceptors (Lipinski definition) is 5. The van der Waals surface area contributed by atoms with Crippen LogP contribution in [-0.4, -0.2) is 24.7 Å².